The van der Waals surface area contributed by atoms with Gasteiger partial charge in [0.1, 0.15) is 0 Å². The van der Waals surface area contributed by atoms with Gasteiger partial charge in [-0.3, -0.25) is 14.6 Å². The molecular weight excluding hydrogens is 302 g/mol. The number of amides is 1. The molecule has 8 nitrogen and oxygen atoms in total. The number of aliphatic carboxylic acids is 1. The van der Waals surface area contributed by atoms with E-state index in [2.05, 4.69) is 15.5 Å². The summed E-state index contributed by atoms with van der Waals surface area (Å²) in [5, 5.41) is 15.3. The molecule has 2 rings (SSSR count). The molecule has 1 unspecified atom stereocenters. The van der Waals surface area contributed by atoms with Crippen LogP contribution >= 0.6 is 0 Å². The summed E-state index contributed by atoms with van der Waals surface area (Å²) >= 11 is 0. The van der Waals surface area contributed by atoms with Crippen molar-refractivity contribution >= 4 is 11.9 Å². The molecule has 1 amide bonds. The van der Waals surface area contributed by atoms with Crippen LogP contribution in [0.5, 0.6) is 0 Å². The predicted octanol–water partition coefficient (Wildman–Crippen LogP) is 1.35. The number of ether oxygens (including phenoxy) is 1. The van der Waals surface area contributed by atoms with E-state index in [1.807, 2.05) is 0 Å². The maximum Gasteiger partial charge on any atom is 0.305 e. The van der Waals surface area contributed by atoms with Gasteiger partial charge in [0.25, 0.3) is 5.91 Å². The standard InChI is InChI=1S/C15H17N3O5/c1-15(9-22-2,7-13(19)20)17-14(21)11-6-12(23-18-11)10-4-3-5-16-8-10/h3-6,8H,7,9H2,1-2H3,(H,17,21)(H,19,20). The lowest BCUT2D eigenvalue weighted by molar-refractivity contribution is -0.139. The van der Waals surface area contributed by atoms with Crippen LogP contribution < -0.4 is 5.32 Å². The van der Waals surface area contributed by atoms with E-state index in [-0.39, 0.29) is 18.7 Å². The minimum Gasteiger partial charge on any atom is -0.481 e. The first-order chi connectivity index (χ1) is 10.9. The molecule has 8 heteroatoms. The number of hydrogen-bond donors (Lipinski definition) is 2. The summed E-state index contributed by atoms with van der Waals surface area (Å²) in [6.07, 6.45) is 2.93. The summed E-state index contributed by atoms with van der Waals surface area (Å²) in [5.74, 6) is -1.18. The number of rotatable bonds is 7. The van der Waals surface area contributed by atoms with E-state index in [9.17, 15) is 9.59 Å². The van der Waals surface area contributed by atoms with Crippen molar-refractivity contribution in [2.45, 2.75) is 18.9 Å². The molecule has 23 heavy (non-hydrogen) atoms. The van der Waals surface area contributed by atoms with E-state index in [4.69, 9.17) is 14.4 Å². The Morgan fingerprint density at radius 2 is 2.26 bits per heavy atom. The van der Waals surface area contributed by atoms with Crippen LogP contribution in [0.15, 0.2) is 35.1 Å². The number of methoxy groups -OCH3 is 1. The van der Waals surface area contributed by atoms with E-state index < -0.39 is 17.4 Å². The Labute approximate surface area is 132 Å². The maximum atomic E-state index is 12.3. The molecule has 2 aromatic heterocycles. The fourth-order valence-electron chi connectivity index (χ4n) is 2.15. The number of aromatic nitrogens is 2. The summed E-state index contributed by atoms with van der Waals surface area (Å²) in [4.78, 5) is 27.2. The molecule has 2 aromatic rings. The number of pyridine rings is 1. The minimum atomic E-state index is -1.05. The van der Waals surface area contributed by atoms with E-state index in [0.29, 0.717) is 11.3 Å². The van der Waals surface area contributed by atoms with Gasteiger partial charge in [0.15, 0.2) is 11.5 Å². The Kier molecular flexibility index (Phi) is 5.07. The molecule has 0 radical (unpaired) electrons. The quantitative estimate of drug-likeness (QED) is 0.791. The highest BCUT2D eigenvalue weighted by Gasteiger charge is 2.31. The fraction of sp³-hybridized carbons (Fsp3) is 0.333. The molecule has 0 aromatic carbocycles. The third-order valence-corrected chi connectivity index (χ3v) is 3.11. The van der Waals surface area contributed by atoms with Gasteiger partial charge in [-0.15, -0.1) is 0 Å². The topological polar surface area (TPSA) is 115 Å². The molecule has 0 bridgehead atoms. The number of carboxylic acid groups (broad SMARTS) is 1. The smallest absolute Gasteiger partial charge is 0.305 e. The van der Waals surface area contributed by atoms with Crippen LogP contribution in [0.3, 0.4) is 0 Å². The first-order valence-corrected chi connectivity index (χ1v) is 6.84. The van der Waals surface area contributed by atoms with Crippen molar-refractivity contribution in [3.05, 3.63) is 36.3 Å². The average molecular weight is 319 g/mol. The Morgan fingerprint density at radius 3 is 2.87 bits per heavy atom. The zero-order chi connectivity index (χ0) is 16.9. The van der Waals surface area contributed by atoms with Crippen LogP contribution in [0.25, 0.3) is 11.3 Å². The minimum absolute atomic E-state index is 0.0524. The molecule has 0 aliphatic rings. The number of carbonyl (C=O) groups is 2. The average Bonchev–Trinajstić information content (AvgIpc) is 2.97. The Hall–Kier alpha value is -2.74. The summed E-state index contributed by atoms with van der Waals surface area (Å²) in [5.41, 5.74) is -0.314. The van der Waals surface area contributed by atoms with Crippen LogP contribution in [0.4, 0.5) is 0 Å². The van der Waals surface area contributed by atoms with Crippen molar-refractivity contribution in [3.63, 3.8) is 0 Å². The van der Waals surface area contributed by atoms with Gasteiger partial charge in [0, 0.05) is 31.1 Å². The highest BCUT2D eigenvalue weighted by molar-refractivity contribution is 5.93. The molecule has 0 aliphatic heterocycles. The first-order valence-electron chi connectivity index (χ1n) is 6.84. The second-order valence-corrected chi connectivity index (χ2v) is 5.34. The molecular formula is C15H17N3O5. The van der Waals surface area contributed by atoms with Gasteiger partial charge in [-0.2, -0.15) is 0 Å². The van der Waals surface area contributed by atoms with Crippen molar-refractivity contribution in [2.24, 2.45) is 0 Å². The van der Waals surface area contributed by atoms with Gasteiger partial charge in [-0.25, -0.2) is 0 Å². The fourth-order valence-corrected chi connectivity index (χ4v) is 2.15. The summed E-state index contributed by atoms with van der Waals surface area (Å²) < 4.78 is 10.1. The van der Waals surface area contributed by atoms with Crippen molar-refractivity contribution in [1.29, 1.82) is 0 Å². The van der Waals surface area contributed by atoms with Crippen LogP contribution in [0.2, 0.25) is 0 Å². The van der Waals surface area contributed by atoms with Gasteiger partial charge in [-0.05, 0) is 19.1 Å². The van der Waals surface area contributed by atoms with Crippen LogP contribution in [0, 0.1) is 0 Å². The molecule has 0 saturated carbocycles. The van der Waals surface area contributed by atoms with Gasteiger partial charge in [0.2, 0.25) is 0 Å². The van der Waals surface area contributed by atoms with Crippen LogP contribution in [-0.4, -0.2) is 46.4 Å². The third kappa shape index (κ3) is 4.36. The van der Waals surface area contributed by atoms with Crippen LogP contribution in [-0.2, 0) is 9.53 Å². The zero-order valence-electron chi connectivity index (χ0n) is 12.8. The van der Waals surface area contributed by atoms with Crippen molar-refractivity contribution in [2.75, 3.05) is 13.7 Å². The summed E-state index contributed by atoms with van der Waals surface area (Å²) in [6.45, 7) is 1.64. The number of carboxylic acids is 1. The molecule has 2 N–H and O–H groups in total. The van der Waals surface area contributed by atoms with Crippen molar-refractivity contribution in [1.82, 2.24) is 15.5 Å². The normalized spacial score (nSPS) is 13.3. The molecule has 1 atom stereocenters. The van der Waals surface area contributed by atoms with Crippen molar-refractivity contribution in [3.8, 4) is 11.3 Å². The van der Waals surface area contributed by atoms with Crippen molar-refractivity contribution < 1.29 is 24.0 Å². The van der Waals surface area contributed by atoms with E-state index in [0.717, 1.165) is 0 Å². The molecule has 2 heterocycles. The molecule has 122 valence electrons. The maximum absolute atomic E-state index is 12.3. The van der Waals surface area contributed by atoms with E-state index >= 15 is 0 Å². The number of hydrogen-bond acceptors (Lipinski definition) is 6. The molecule has 0 saturated heterocycles. The van der Waals surface area contributed by atoms with Gasteiger partial charge < -0.3 is 19.7 Å². The van der Waals surface area contributed by atoms with Gasteiger partial charge in [0.05, 0.1) is 18.6 Å². The SMILES string of the molecule is COCC(C)(CC(=O)O)NC(=O)c1cc(-c2cccnc2)on1. The Morgan fingerprint density at radius 1 is 1.48 bits per heavy atom. The third-order valence-electron chi connectivity index (χ3n) is 3.11. The number of nitrogens with zero attached hydrogens (tertiary/aromatic N) is 2. The Balaban J connectivity index is 2.14. The second-order valence-electron chi connectivity index (χ2n) is 5.34. The summed E-state index contributed by atoms with van der Waals surface area (Å²) in [6, 6.07) is 4.98. The van der Waals surface area contributed by atoms with Crippen LogP contribution in [0.1, 0.15) is 23.8 Å². The monoisotopic (exact) mass is 319 g/mol. The van der Waals surface area contributed by atoms with Gasteiger partial charge in [-0.1, -0.05) is 5.16 Å². The lowest BCUT2D eigenvalue weighted by Crippen LogP contribution is -2.50. The predicted molar refractivity (Wildman–Crippen MR) is 79.7 cm³/mol. The number of carbonyl (C=O) groups excluding carboxylic acids is 1. The second kappa shape index (κ2) is 7.01. The highest BCUT2D eigenvalue weighted by atomic mass is 16.5. The Bertz CT molecular complexity index is 685. The first kappa shape index (κ1) is 16.6. The zero-order valence-corrected chi connectivity index (χ0v) is 12.8. The van der Waals surface area contributed by atoms with Gasteiger partial charge >= 0.3 is 5.97 Å². The lowest BCUT2D eigenvalue weighted by Gasteiger charge is -2.27. The van der Waals surface area contributed by atoms with E-state index in [1.165, 1.54) is 13.2 Å². The largest absolute Gasteiger partial charge is 0.481 e. The van der Waals surface area contributed by atoms with E-state index in [1.54, 1.807) is 31.5 Å². The summed E-state index contributed by atoms with van der Waals surface area (Å²) in [7, 11) is 1.43. The lowest BCUT2D eigenvalue weighted by atomic mass is 9.98. The molecule has 0 aliphatic carbocycles. The molecule has 0 spiro atoms. The molecule has 0 fully saturated rings. The number of nitrogens with one attached hydrogen (secondary N) is 1. The highest BCUT2D eigenvalue weighted by Crippen LogP contribution is 2.19.